The largest absolute Gasteiger partial charge is 0.414 e. The molecule has 4 aromatic rings. The first kappa shape index (κ1) is 36.6. The molecule has 48 heavy (non-hydrogen) atoms. The maximum absolute atomic E-state index is 12.1. The van der Waals surface area contributed by atoms with Crippen molar-refractivity contribution in [3.05, 3.63) is 72.3 Å². The summed E-state index contributed by atoms with van der Waals surface area (Å²) in [5.41, 5.74) is 2.16. The van der Waals surface area contributed by atoms with Crippen LogP contribution < -0.4 is 9.47 Å². The molecular weight excluding hydrogens is 600 g/mol. The zero-order chi connectivity index (χ0) is 34.1. The van der Waals surface area contributed by atoms with Crippen LogP contribution in [-0.2, 0) is 12.8 Å². The van der Waals surface area contributed by atoms with Gasteiger partial charge in [0.2, 0.25) is 0 Å². The van der Waals surface area contributed by atoms with E-state index in [9.17, 15) is 9.59 Å². The first-order valence-electron chi connectivity index (χ1n) is 17.9. The third-order valence-electron chi connectivity index (χ3n) is 8.90. The van der Waals surface area contributed by atoms with Gasteiger partial charge in [0, 0.05) is 73.5 Å². The van der Waals surface area contributed by atoms with E-state index < -0.39 is 0 Å². The van der Waals surface area contributed by atoms with Gasteiger partial charge in [-0.15, -0.1) is 0 Å². The summed E-state index contributed by atoms with van der Waals surface area (Å²) in [5.74, 6) is 1.17. The van der Waals surface area contributed by atoms with E-state index in [1.54, 1.807) is 28.2 Å². The average Bonchev–Trinajstić information content (AvgIpc) is 3.08. The van der Waals surface area contributed by atoms with Crippen LogP contribution >= 0.6 is 0 Å². The summed E-state index contributed by atoms with van der Waals surface area (Å²) in [7, 11) is 6.74. The molecule has 8 nitrogen and oxygen atoms in total. The standard InChI is InChI=1S/C40H54N4O4/c1-43(2)39(45)47-37-25-19-21-31-33(37)27-29-41-35(31)23-17-15-13-11-9-7-5-6-8-10-12-14-16-18-24-36-32-22-20-26-38(34(32)28-30-42-36)48-40(46)44(3)4/h19-22,25-30H,5-18,23-24H2,1-4H3. The Bertz CT molecular complexity index is 1480. The second kappa shape index (κ2) is 19.6. The SMILES string of the molecule is CN(C)C(=O)Oc1cccc2c(CCCCCCCCCCCCCCCCc3nccc4c(OC(=O)N(C)C)cccc34)nccc12. The van der Waals surface area contributed by atoms with E-state index in [2.05, 4.69) is 22.1 Å². The molecule has 0 aliphatic heterocycles. The molecule has 0 saturated carbocycles. The van der Waals surface area contributed by atoms with E-state index in [1.807, 2.05) is 48.8 Å². The maximum atomic E-state index is 12.1. The zero-order valence-electron chi connectivity index (χ0n) is 29.5. The van der Waals surface area contributed by atoms with Crippen LogP contribution in [-0.4, -0.2) is 60.1 Å². The lowest BCUT2D eigenvalue weighted by Gasteiger charge is -2.13. The molecule has 0 aliphatic rings. The van der Waals surface area contributed by atoms with Crippen molar-refractivity contribution in [3.63, 3.8) is 0 Å². The number of pyridine rings is 2. The van der Waals surface area contributed by atoms with E-state index in [1.165, 1.54) is 86.8 Å². The zero-order valence-corrected chi connectivity index (χ0v) is 29.5. The Kier molecular flexibility index (Phi) is 14.9. The Morgan fingerprint density at radius 3 is 1.15 bits per heavy atom. The Morgan fingerprint density at radius 1 is 0.479 bits per heavy atom. The van der Waals surface area contributed by atoms with Gasteiger partial charge in [-0.05, 0) is 49.9 Å². The lowest BCUT2D eigenvalue weighted by Crippen LogP contribution is -2.25. The monoisotopic (exact) mass is 654 g/mol. The van der Waals surface area contributed by atoms with Crippen LogP contribution in [0.4, 0.5) is 9.59 Å². The molecule has 0 bridgehead atoms. The molecule has 8 heteroatoms. The van der Waals surface area contributed by atoms with Crippen molar-refractivity contribution in [1.29, 1.82) is 0 Å². The number of carbonyl (C=O) groups is 2. The van der Waals surface area contributed by atoms with Gasteiger partial charge >= 0.3 is 12.2 Å². The fourth-order valence-electron chi connectivity index (χ4n) is 6.13. The normalized spacial score (nSPS) is 11.2. The van der Waals surface area contributed by atoms with Gasteiger partial charge in [0.25, 0.3) is 0 Å². The lowest BCUT2D eigenvalue weighted by atomic mass is 10.0. The highest BCUT2D eigenvalue weighted by molar-refractivity contribution is 5.92. The molecule has 2 aromatic heterocycles. The van der Waals surface area contributed by atoms with Crippen molar-refractivity contribution in [2.75, 3.05) is 28.2 Å². The van der Waals surface area contributed by atoms with E-state index in [4.69, 9.17) is 9.47 Å². The third kappa shape index (κ3) is 11.2. The maximum Gasteiger partial charge on any atom is 0.414 e. The minimum absolute atomic E-state index is 0.372. The molecule has 0 saturated heterocycles. The molecule has 0 N–H and O–H groups in total. The van der Waals surface area contributed by atoms with Gasteiger partial charge in [-0.25, -0.2) is 9.59 Å². The Hall–Kier alpha value is -4.20. The smallest absolute Gasteiger partial charge is 0.410 e. The van der Waals surface area contributed by atoms with E-state index in [0.717, 1.165) is 58.6 Å². The van der Waals surface area contributed by atoms with Crippen LogP contribution in [0.3, 0.4) is 0 Å². The molecule has 0 unspecified atom stereocenters. The second-order valence-electron chi connectivity index (χ2n) is 13.2. The van der Waals surface area contributed by atoms with Gasteiger partial charge in [0.05, 0.1) is 0 Å². The molecule has 258 valence electrons. The van der Waals surface area contributed by atoms with Crippen molar-refractivity contribution >= 4 is 33.7 Å². The molecule has 2 aromatic carbocycles. The van der Waals surface area contributed by atoms with E-state index >= 15 is 0 Å². The molecular formula is C40H54N4O4. The fourth-order valence-corrected chi connectivity index (χ4v) is 6.13. The number of fused-ring (bicyclic) bond motifs is 2. The van der Waals surface area contributed by atoms with Gasteiger partial charge in [0.1, 0.15) is 11.5 Å². The lowest BCUT2D eigenvalue weighted by molar-refractivity contribution is 0.171. The van der Waals surface area contributed by atoms with Crippen LogP contribution in [0.15, 0.2) is 60.9 Å². The van der Waals surface area contributed by atoms with Crippen LogP contribution in [0, 0.1) is 0 Å². The number of rotatable bonds is 19. The average molecular weight is 655 g/mol. The van der Waals surface area contributed by atoms with Gasteiger partial charge in [-0.1, -0.05) is 101 Å². The number of aryl methyl sites for hydroxylation is 2. The topological polar surface area (TPSA) is 84.9 Å². The van der Waals surface area contributed by atoms with Crippen LogP contribution in [0.5, 0.6) is 11.5 Å². The van der Waals surface area contributed by atoms with Crippen LogP contribution in [0.25, 0.3) is 21.5 Å². The van der Waals surface area contributed by atoms with Gasteiger partial charge in [-0.2, -0.15) is 0 Å². The molecule has 2 amide bonds. The number of aromatic nitrogens is 2. The predicted octanol–water partition coefficient (Wildman–Crippen LogP) is 10.2. The minimum Gasteiger partial charge on any atom is -0.410 e. The number of unbranched alkanes of at least 4 members (excludes halogenated alkanes) is 13. The van der Waals surface area contributed by atoms with Gasteiger partial charge in [-0.3, -0.25) is 9.97 Å². The third-order valence-corrected chi connectivity index (χ3v) is 8.90. The van der Waals surface area contributed by atoms with Crippen LogP contribution in [0.1, 0.15) is 101 Å². The number of nitrogens with zero attached hydrogens (tertiary/aromatic N) is 4. The quantitative estimate of drug-likeness (QED) is 0.0936. The summed E-state index contributed by atoms with van der Waals surface area (Å²) < 4.78 is 11.1. The molecule has 0 atom stereocenters. The number of hydrogen-bond donors (Lipinski definition) is 0. The molecule has 0 aliphatic carbocycles. The van der Waals surface area contributed by atoms with Crippen molar-refractivity contribution in [3.8, 4) is 11.5 Å². The predicted molar refractivity (Wildman–Crippen MR) is 195 cm³/mol. The van der Waals surface area contributed by atoms with Crippen molar-refractivity contribution in [2.24, 2.45) is 0 Å². The Balaban J connectivity index is 1.01. The number of ether oxygens (including phenoxy) is 2. The molecule has 0 spiro atoms. The summed E-state index contributed by atoms with van der Waals surface area (Å²) in [5, 5.41) is 4.02. The fraction of sp³-hybridized carbons (Fsp3) is 0.500. The highest BCUT2D eigenvalue weighted by Gasteiger charge is 2.13. The van der Waals surface area contributed by atoms with Crippen molar-refractivity contribution in [1.82, 2.24) is 19.8 Å². The minimum atomic E-state index is -0.372. The Morgan fingerprint density at radius 2 is 0.812 bits per heavy atom. The summed E-state index contributed by atoms with van der Waals surface area (Å²) >= 11 is 0. The second-order valence-corrected chi connectivity index (χ2v) is 13.2. The van der Waals surface area contributed by atoms with Gasteiger partial charge in [0.15, 0.2) is 0 Å². The Labute approximate surface area is 286 Å². The summed E-state index contributed by atoms with van der Waals surface area (Å²) in [6.07, 6.45) is 22.7. The molecule has 2 heterocycles. The number of carbonyl (C=O) groups excluding carboxylic acids is 2. The number of benzene rings is 2. The molecule has 4 rings (SSSR count). The highest BCUT2D eigenvalue weighted by atomic mass is 16.6. The van der Waals surface area contributed by atoms with E-state index in [0.29, 0.717) is 11.5 Å². The summed E-state index contributed by atoms with van der Waals surface area (Å²) in [6, 6.07) is 15.5. The number of amides is 2. The highest BCUT2D eigenvalue weighted by Crippen LogP contribution is 2.29. The van der Waals surface area contributed by atoms with Crippen molar-refractivity contribution < 1.29 is 19.1 Å². The first-order chi connectivity index (χ1) is 23.3. The summed E-state index contributed by atoms with van der Waals surface area (Å²) in [4.78, 5) is 36.2. The number of hydrogen-bond acceptors (Lipinski definition) is 6. The van der Waals surface area contributed by atoms with E-state index in [-0.39, 0.29) is 12.2 Å². The molecule has 0 fully saturated rings. The molecule has 0 radical (unpaired) electrons. The first-order valence-corrected chi connectivity index (χ1v) is 17.9. The summed E-state index contributed by atoms with van der Waals surface area (Å²) in [6.45, 7) is 0. The van der Waals surface area contributed by atoms with Crippen LogP contribution in [0.2, 0.25) is 0 Å². The van der Waals surface area contributed by atoms with Gasteiger partial charge < -0.3 is 19.3 Å². The van der Waals surface area contributed by atoms with Crippen molar-refractivity contribution in [2.45, 2.75) is 103 Å².